The number of ether oxygens (including phenoxy) is 1. The van der Waals surface area contributed by atoms with E-state index >= 15 is 0 Å². The first-order chi connectivity index (χ1) is 8.60. The number of hydrogen-bond acceptors (Lipinski definition) is 2. The summed E-state index contributed by atoms with van der Waals surface area (Å²) in [6.45, 7) is 8.00. The first kappa shape index (κ1) is 15.2. The minimum Gasteiger partial charge on any atom is -0.381 e. The number of nitrogens with two attached hydrogens (primary N) is 1. The molecule has 0 heterocycles. The summed E-state index contributed by atoms with van der Waals surface area (Å²) in [6.07, 6.45) is 4.24. The Bertz CT molecular complexity index is 329. The predicted octanol–water partition coefficient (Wildman–Crippen LogP) is 3.63. The van der Waals surface area contributed by atoms with Gasteiger partial charge in [-0.05, 0) is 37.3 Å². The van der Waals surface area contributed by atoms with Crippen LogP contribution in [0.4, 0.5) is 0 Å². The lowest BCUT2D eigenvalue weighted by Crippen LogP contribution is -2.34. The van der Waals surface area contributed by atoms with Crippen LogP contribution in [0.5, 0.6) is 0 Å². The molecular formula is C16H27NO. The van der Waals surface area contributed by atoms with Crippen molar-refractivity contribution < 1.29 is 4.74 Å². The Morgan fingerprint density at radius 1 is 1.11 bits per heavy atom. The average molecular weight is 249 g/mol. The molecule has 0 saturated carbocycles. The quantitative estimate of drug-likeness (QED) is 0.714. The highest BCUT2D eigenvalue weighted by Crippen LogP contribution is 2.22. The van der Waals surface area contributed by atoms with Crippen LogP contribution in [0, 0.1) is 0 Å². The number of rotatable bonds is 8. The molecule has 0 aromatic heterocycles. The van der Waals surface area contributed by atoms with Gasteiger partial charge in [0, 0.05) is 18.8 Å². The molecule has 0 spiro atoms. The van der Waals surface area contributed by atoms with Gasteiger partial charge in [0.05, 0.1) is 0 Å². The fourth-order valence-electron chi connectivity index (χ4n) is 1.90. The van der Waals surface area contributed by atoms with Gasteiger partial charge >= 0.3 is 0 Å². The van der Waals surface area contributed by atoms with Crippen LogP contribution in [0.25, 0.3) is 0 Å². The van der Waals surface area contributed by atoms with Crippen LogP contribution in [0.15, 0.2) is 24.3 Å². The Balaban J connectivity index is 2.45. The zero-order valence-electron chi connectivity index (χ0n) is 12.0. The lowest BCUT2D eigenvalue weighted by atomic mass is 9.89. The van der Waals surface area contributed by atoms with Crippen molar-refractivity contribution in [1.29, 1.82) is 0 Å². The SMILES string of the molecule is CCCCOCCC(C)(N)c1ccc(CC)cc1. The molecule has 0 amide bonds. The first-order valence-electron chi connectivity index (χ1n) is 7.06. The molecule has 0 radical (unpaired) electrons. The van der Waals surface area contributed by atoms with Crippen LogP contribution in [0.3, 0.4) is 0 Å². The third kappa shape index (κ3) is 4.79. The van der Waals surface area contributed by atoms with Crippen LogP contribution < -0.4 is 5.73 Å². The minimum atomic E-state index is -0.293. The van der Waals surface area contributed by atoms with E-state index in [1.54, 1.807) is 0 Å². The van der Waals surface area contributed by atoms with Gasteiger partial charge in [-0.1, -0.05) is 44.5 Å². The van der Waals surface area contributed by atoms with E-state index in [9.17, 15) is 0 Å². The Hall–Kier alpha value is -0.860. The Labute approximate surface area is 112 Å². The Morgan fingerprint density at radius 3 is 2.33 bits per heavy atom. The molecule has 0 aliphatic rings. The number of hydrogen-bond donors (Lipinski definition) is 1. The average Bonchev–Trinajstić information content (AvgIpc) is 2.38. The summed E-state index contributed by atoms with van der Waals surface area (Å²) in [7, 11) is 0. The maximum atomic E-state index is 6.36. The molecule has 2 N–H and O–H groups in total. The van der Waals surface area contributed by atoms with Gasteiger partial charge in [-0.15, -0.1) is 0 Å². The van der Waals surface area contributed by atoms with Crippen LogP contribution >= 0.6 is 0 Å². The van der Waals surface area contributed by atoms with E-state index in [4.69, 9.17) is 10.5 Å². The fraction of sp³-hybridized carbons (Fsp3) is 0.625. The lowest BCUT2D eigenvalue weighted by molar-refractivity contribution is 0.114. The molecule has 18 heavy (non-hydrogen) atoms. The largest absolute Gasteiger partial charge is 0.381 e. The summed E-state index contributed by atoms with van der Waals surface area (Å²) in [5.41, 5.74) is 8.62. The normalized spacial score (nSPS) is 14.4. The molecule has 1 aromatic carbocycles. The van der Waals surface area contributed by atoms with Crippen molar-refractivity contribution in [3.63, 3.8) is 0 Å². The van der Waals surface area contributed by atoms with Gasteiger partial charge in [0.1, 0.15) is 0 Å². The van der Waals surface area contributed by atoms with E-state index in [1.807, 2.05) is 0 Å². The standard InChI is InChI=1S/C16H27NO/c1-4-6-12-18-13-11-16(3,17)15-9-7-14(5-2)8-10-15/h7-10H,4-6,11-13,17H2,1-3H3. The second-order valence-corrected chi connectivity index (χ2v) is 5.18. The highest BCUT2D eigenvalue weighted by Gasteiger charge is 2.20. The molecule has 1 atom stereocenters. The molecule has 0 aliphatic heterocycles. The van der Waals surface area contributed by atoms with Gasteiger partial charge in [0.15, 0.2) is 0 Å². The van der Waals surface area contributed by atoms with Crippen molar-refractivity contribution in [3.8, 4) is 0 Å². The molecule has 0 saturated heterocycles. The van der Waals surface area contributed by atoms with Gasteiger partial charge < -0.3 is 10.5 Å². The summed E-state index contributed by atoms with van der Waals surface area (Å²) in [5, 5.41) is 0. The smallest absolute Gasteiger partial charge is 0.0486 e. The van der Waals surface area contributed by atoms with Crippen molar-refractivity contribution in [2.45, 2.75) is 52.0 Å². The van der Waals surface area contributed by atoms with E-state index < -0.39 is 0 Å². The summed E-state index contributed by atoms with van der Waals surface area (Å²) < 4.78 is 5.60. The van der Waals surface area contributed by atoms with Crippen molar-refractivity contribution >= 4 is 0 Å². The molecule has 1 unspecified atom stereocenters. The summed E-state index contributed by atoms with van der Waals surface area (Å²) >= 11 is 0. The summed E-state index contributed by atoms with van der Waals surface area (Å²) in [6, 6.07) is 8.62. The second kappa shape index (κ2) is 7.55. The Morgan fingerprint density at radius 2 is 1.78 bits per heavy atom. The molecule has 1 aromatic rings. The molecular weight excluding hydrogens is 222 g/mol. The first-order valence-corrected chi connectivity index (χ1v) is 7.06. The van der Waals surface area contributed by atoms with E-state index in [2.05, 4.69) is 45.0 Å². The maximum absolute atomic E-state index is 6.36. The van der Waals surface area contributed by atoms with Gasteiger partial charge in [-0.25, -0.2) is 0 Å². The van der Waals surface area contributed by atoms with Gasteiger partial charge in [0.2, 0.25) is 0 Å². The zero-order valence-corrected chi connectivity index (χ0v) is 12.0. The van der Waals surface area contributed by atoms with Crippen molar-refractivity contribution in [1.82, 2.24) is 0 Å². The van der Waals surface area contributed by atoms with Crippen LogP contribution in [-0.4, -0.2) is 13.2 Å². The molecule has 0 bridgehead atoms. The summed E-state index contributed by atoms with van der Waals surface area (Å²) in [5.74, 6) is 0. The fourth-order valence-corrected chi connectivity index (χ4v) is 1.90. The van der Waals surface area contributed by atoms with E-state index in [0.29, 0.717) is 0 Å². The summed E-state index contributed by atoms with van der Waals surface area (Å²) in [4.78, 5) is 0. The maximum Gasteiger partial charge on any atom is 0.0486 e. The Kier molecular flexibility index (Phi) is 6.37. The highest BCUT2D eigenvalue weighted by atomic mass is 16.5. The number of benzene rings is 1. The lowest BCUT2D eigenvalue weighted by Gasteiger charge is -2.25. The molecule has 0 fully saturated rings. The molecule has 102 valence electrons. The van der Waals surface area contributed by atoms with E-state index in [0.717, 1.165) is 32.5 Å². The number of unbranched alkanes of at least 4 members (excludes halogenated alkanes) is 1. The highest BCUT2D eigenvalue weighted by molar-refractivity contribution is 5.27. The zero-order chi connectivity index (χ0) is 13.4. The van der Waals surface area contributed by atoms with Crippen LogP contribution in [0.1, 0.15) is 51.2 Å². The second-order valence-electron chi connectivity index (χ2n) is 5.18. The molecule has 0 aliphatic carbocycles. The van der Waals surface area contributed by atoms with Gasteiger partial charge in [-0.2, -0.15) is 0 Å². The topological polar surface area (TPSA) is 35.2 Å². The van der Waals surface area contributed by atoms with Crippen molar-refractivity contribution in [2.75, 3.05) is 13.2 Å². The molecule has 1 rings (SSSR count). The van der Waals surface area contributed by atoms with Gasteiger partial charge in [-0.3, -0.25) is 0 Å². The van der Waals surface area contributed by atoms with Gasteiger partial charge in [0.25, 0.3) is 0 Å². The van der Waals surface area contributed by atoms with Crippen LogP contribution in [-0.2, 0) is 16.7 Å². The van der Waals surface area contributed by atoms with Crippen LogP contribution in [0.2, 0.25) is 0 Å². The van der Waals surface area contributed by atoms with Crippen molar-refractivity contribution in [3.05, 3.63) is 35.4 Å². The van der Waals surface area contributed by atoms with E-state index in [-0.39, 0.29) is 5.54 Å². The third-order valence-corrected chi connectivity index (χ3v) is 3.43. The van der Waals surface area contributed by atoms with Crippen molar-refractivity contribution in [2.24, 2.45) is 5.73 Å². The predicted molar refractivity (Wildman–Crippen MR) is 77.7 cm³/mol. The molecule has 2 heteroatoms. The number of aryl methyl sites for hydroxylation is 1. The molecule has 2 nitrogen and oxygen atoms in total. The van der Waals surface area contributed by atoms with E-state index in [1.165, 1.54) is 17.5 Å². The minimum absolute atomic E-state index is 0.293. The third-order valence-electron chi connectivity index (χ3n) is 3.43. The monoisotopic (exact) mass is 249 g/mol.